The molecule has 0 saturated heterocycles. The number of benzene rings is 2. The van der Waals surface area contributed by atoms with Gasteiger partial charge in [-0.05, 0) is 37.5 Å². The summed E-state index contributed by atoms with van der Waals surface area (Å²) in [6.07, 6.45) is 7.47. The molecule has 1 amide bonds. The van der Waals surface area contributed by atoms with Gasteiger partial charge in [-0.15, -0.1) is 0 Å². The maximum absolute atomic E-state index is 15.5. The largest absolute Gasteiger partial charge is 0.492 e. The zero-order chi connectivity index (χ0) is 21.1. The summed E-state index contributed by atoms with van der Waals surface area (Å²) in [5.74, 6) is -0.887. The van der Waals surface area contributed by atoms with E-state index >= 15 is 4.39 Å². The highest BCUT2D eigenvalue weighted by molar-refractivity contribution is 5.95. The van der Waals surface area contributed by atoms with Crippen LogP contribution in [0.5, 0.6) is 5.75 Å². The maximum atomic E-state index is 15.5. The fourth-order valence-corrected chi connectivity index (χ4v) is 4.18. The molecule has 30 heavy (non-hydrogen) atoms. The van der Waals surface area contributed by atoms with E-state index in [9.17, 15) is 4.79 Å². The SMILES string of the molecule is COc1c(-n2cnc(C)c2)ccc(C(=O)N(Cc2ccccc2)C2CCCC2)c1F. The van der Waals surface area contributed by atoms with Gasteiger partial charge in [0.25, 0.3) is 5.91 Å². The van der Waals surface area contributed by atoms with Crippen LogP contribution in [0.4, 0.5) is 4.39 Å². The molecule has 0 spiro atoms. The molecular weight excluding hydrogens is 381 g/mol. The third-order valence-corrected chi connectivity index (χ3v) is 5.72. The van der Waals surface area contributed by atoms with Crippen molar-refractivity contribution in [2.24, 2.45) is 0 Å². The van der Waals surface area contributed by atoms with E-state index in [2.05, 4.69) is 4.98 Å². The first-order chi connectivity index (χ1) is 14.6. The van der Waals surface area contributed by atoms with E-state index in [4.69, 9.17) is 4.74 Å². The Labute approximate surface area is 176 Å². The molecule has 0 atom stereocenters. The van der Waals surface area contributed by atoms with Crippen LogP contribution in [0, 0.1) is 12.7 Å². The molecule has 1 aliphatic carbocycles. The fourth-order valence-electron chi connectivity index (χ4n) is 4.18. The number of methoxy groups -OCH3 is 1. The molecule has 1 fully saturated rings. The van der Waals surface area contributed by atoms with Crippen molar-refractivity contribution in [2.75, 3.05) is 7.11 Å². The van der Waals surface area contributed by atoms with Crippen LogP contribution in [0.25, 0.3) is 5.69 Å². The Kier molecular flexibility index (Phi) is 5.84. The Morgan fingerprint density at radius 3 is 2.57 bits per heavy atom. The van der Waals surface area contributed by atoms with E-state index in [1.807, 2.05) is 42.2 Å². The molecule has 4 rings (SSSR count). The Bertz CT molecular complexity index is 1030. The van der Waals surface area contributed by atoms with Gasteiger partial charge in [0, 0.05) is 18.8 Å². The average molecular weight is 407 g/mol. The van der Waals surface area contributed by atoms with E-state index in [-0.39, 0.29) is 23.3 Å². The molecule has 0 radical (unpaired) electrons. The van der Waals surface area contributed by atoms with Crippen LogP contribution in [-0.2, 0) is 6.54 Å². The van der Waals surface area contributed by atoms with Crippen molar-refractivity contribution in [1.82, 2.24) is 14.5 Å². The van der Waals surface area contributed by atoms with Crippen LogP contribution in [-0.4, -0.2) is 33.5 Å². The van der Waals surface area contributed by atoms with Crippen molar-refractivity contribution in [3.63, 3.8) is 0 Å². The van der Waals surface area contributed by atoms with Crippen molar-refractivity contribution >= 4 is 5.91 Å². The first kappa shape index (κ1) is 20.1. The van der Waals surface area contributed by atoms with Crippen LogP contribution in [0.15, 0.2) is 55.0 Å². The highest BCUT2D eigenvalue weighted by atomic mass is 19.1. The van der Waals surface area contributed by atoms with Crippen molar-refractivity contribution in [1.29, 1.82) is 0 Å². The molecule has 3 aromatic rings. The van der Waals surface area contributed by atoms with Crippen molar-refractivity contribution in [2.45, 2.75) is 45.2 Å². The van der Waals surface area contributed by atoms with Crippen molar-refractivity contribution in [3.8, 4) is 11.4 Å². The third kappa shape index (κ3) is 3.95. The van der Waals surface area contributed by atoms with Crippen LogP contribution in [0.3, 0.4) is 0 Å². The number of carbonyl (C=O) groups is 1. The summed E-state index contributed by atoms with van der Waals surface area (Å²) >= 11 is 0. The molecule has 1 aliphatic rings. The number of hydrogen-bond donors (Lipinski definition) is 0. The Morgan fingerprint density at radius 2 is 1.93 bits per heavy atom. The summed E-state index contributed by atoms with van der Waals surface area (Å²) in [6.45, 7) is 2.33. The Morgan fingerprint density at radius 1 is 1.20 bits per heavy atom. The van der Waals surface area contributed by atoms with Gasteiger partial charge in [-0.1, -0.05) is 43.2 Å². The molecule has 2 aromatic carbocycles. The number of amides is 1. The summed E-state index contributed by atoms with van der Waals surface area (Å²) in [4.78, 5) is 19.5. The zero-order valence-corrected chi connectivity index (χ0v) is 17.3. The molecule has 0 unspecified atom stereocenters. The molecule has 156 valence electrons. The van der Waals surface area contributed by atoms with Crippen molar-refractivity contribution in [3.05, 3.63) is 77.6 Å². The first-order valence-electron chi connectivity index (χ1n) is 10.3. The number of imidazole rings is 1. The number of halogens is 1. The minimum atomic E-state index is -0.637. The van der Waals surface area contributed by atoms with E-state index < -0.39 is 5.82 Å². The van der Waals surface area contributed by atoms with Gasteiger partial charge in [-0.3, -0.25) is 4.79 Å². The molecule has 0 N–H and O–H groups in total. The normalized spacial score (nSPS) is 14.1. The monoisotopic (exact) mass is 407 g/mol. The molecule has 0 bridgehead atoms. The van der Waals surface area contributed by atoms with E-state index in [1.54, 1.807) is 29.2 Å². The fraction of sp³-hybridized carbons (Fsp3) is 0.333. The topological polar surface area (TPSA) is 47.4 Å². The number of aromatic nitrogens is 2. The number of nitrogens with zero attached hydrogens (tertiary/aromatic N) is 3. The summed E-state index contributed by atoms with van der Waals surface area (Å²) in [5, 5.41) is 0. The predicted molar refractivity (Wildman–Crippen MR) is 113 cm³/mol. The predicted octanol–water partition coefficient (Wildman–Crippen LogP) is 4.91. The zero-order valence-electron chi connectivity index (χ0n) is 17.3. The van der Waals surface area contributed by atoms with Crippen LogP contribution >= 0.6 is 0 Å². The van der Waals surface area contributed by atoms with Gasteiger partial charge < -0.3 is 14.2 Å². The van der Waals surface area contributed by atoms with Gasteiger partial charge in [0.15, 0.2) is 11.6 Å². The maximum Gasteiger partial charge on any atom is 0.257 e. The van der Waals surface area contributed by atoms with Gasteiger partial charge in [0.2, 0.25) is 0 Å². The van der Waals surface area contributed by atoms with Crippen molar-refractivity contribution < 1.29 is 13.9 Å². The number of carbonyl (C=O) groups excluding carboxylic acids is 1. The van der Waals surface area contributed by atoms with Crippen LogP contribution in [0.2, 0.25) is 0 Å². The molecule has 5 nitrogen and oxygen atoms in total. The smallest absolute Gasteiger partial charge is 0.257 e. The lowest BCUT2D eigenvalue weighted by atomic mass is 10.1. The molecule has 1 aromatic heterocycles. The molecule has 1 heterocycles. The van der Waals surface area contributed by atoms with Gasteiger partial charge in [0.1, 0.15) is 0 Å². The summed E-state index contributed by atoms with van der Waals surface area (Å²) < 4.78 is 22.5. The minimum absolute atomic E-state index is 0.0373. The number of ether oxygens (including phenoxy) is 1. The van der Waals surface area contributed by atoms with E-state index in [0.29, 0.717) is 12.2 Å². The second-order valence-corrected chi connectivity index (χ2v) is 7.76. The number of aryl methyl sites for hydroxylation is 1. The lowest BCUT2D eigenvalue weighted by Crippen LogP contribution is -2.38. The molecule has 0 aliphatic heterocycles. The minimum Gasteiger partial charge on any atom is -0.492 e. The quantitative estimate of drug-likeness (QED) is 0.583. The van der Waals surface area contributed by atoms with Gasteiger partial charge in [-0.25, -0.2) is 9.37 Å². The summed E-state index contributed by atoms with van der Waals surface area (Å²) in [5.41, 5.74) is 2.40. The summed E-state index contributed by atoms with van der Waals surface area (Å²) in [7, 11) is 1.42. The first-order valence-corrected chi connectivity index (χ1v) is 10.3. The van der Waals surface area contributed by atoms with Gasteiger partial charge in [-0.2, -0.15) is 0 Å². The second-order valence-electron chi connectivity index (χ2n) is 7.76. The third-order valence-electron chi connectivity index (χ3n) is 5.72. The number of hydrogen-bond acceptors (Lipinski definition) is 3. The Hall–Kier alpha value is -3.15. The van der Waals surface area contributed by atoms with Gasteiger partial charge >= 0.3 is 0 Å². The van der Waals surface area contributed by atoms with Crippen LogP contribution < -0.4 is 4.74 Å². The molecular formula is C24H26FN3O2. The highest BCUT2D eigenvalue weighted by Gasteiger charge is 2.30. The Balaban J connectivity index is 1.70. The standard InChI is InChI=1S/C24H26FN3O2/c1-17-14-27(16-26-17)21-13-12-20(22(25)23(21)30-2)24(29)28(19-10-6-7-11-19)15-18-8-4-3-5-9-18/h3-5,8-9,12-14,16,19H,6-7,10-11,15H2,1-2H3. The lowest BCUT2D eigenvalue weighted by Gasteiger charge is -2.30. The average Bonchev–Trinajstić information content (AvgIpc) is 3.44. The molecule has 1 saturated carbocycles. The lowest BCUT2D eigenvalue weighted by molar-refractivity contribution is 0.0659. The second kappa shape index (κ2) is 8.69. The van der Waals surface area contributed by atoms with Gasteiger partial charge in [0.05, 0.1) is 30.4 Å². The van der Waals surface area contributed by atoms with E-state index in [0.717, 1.165) is 36.9 Å². The summed E-state index contributed by atoms with van der Waals surface area (Å²) in [6, 6.07) is 13.2. The van der Waals surface area contributed by atoms with E-state index in [1.165, 1.54) is 7.11 Å². The number of rotatable bonds is 6. The highest BCUT2D eigenvalue weighted by Crippen LogP contribution is 2.32. The van der Waals surface area contributed by atoms with Crippen LogP contribution in [0.1, 0.15) is 47.3 Å². The molecule has 6 heteroatoms.